The molecule has 1 amide bonds. The van der Waals surface area contributed by atoms with Crippen molar-refractivity contribution in [2.24, 2.45) is 5.92 Å². The van der Waals surface area contributed by atoms with E-state index in [0.29, 0.717) is 18.8 Å². The predicted octanol–water partition coefficient (Wildman–Crippen LogP) is 1.56. The molecular formula is C14H17NO2. The number of carbonyl (C=O) groups excluding carboxylic acids is 1. The topological polar surface area (TPSA) is 49.3 Å². The molecule has 0 spiro atoms. The van der Waals surface area contributed by atoms with Crippen molar-refractivity contribution in [3.05, 3.63) is 35.4 Å². The highest BCUT2D eigenvalue weighted by molar-refractivity contribution is 5.77. The van der Waals surface area contributed by atoms with E-state index in [0.717, 1.165) is 11.1 Å². The normalized spacial score (nSPS) is 26.6. The van der Waals surface area contributed by atoms with Gasteiger partial charge in [-0.3, -0.25) is 4.79 Å². The third kappa shape index (κ3) is 2.20. The molecule has 1 aromatic rings. The summed E-state index contributed by atoms with van der Waals surface area (Å²) in [6.07, 6.45) is 3.14. The minimum atomic E-state index is -0.476. The molecule has 0 saturated heterocycles. The van der Waals surface area contributed by atoms with Crippen molar-refractivity contribution in [3.8, 4) is 0 Å². The number of hydrogen-bond donors (Lipinski definition) is 2. The van der Waals surface area contributed by atoms with Crippen LogP contribution in [0, 0.1) is 5.92 Å². The lowest BCUT2D eigenvalue weighted by Crippen LogP contribution is -2.33. The number of carbonyl (C=O) groups is 1. The summed E-state index contributed by atoms with van der Waals surface area (Å²) in [5.74, 6) is 0.664. The van der Waals surface area contributed by atoms with Gasteiger partial charge in [0, 0.05) is 12.8 Å². The van der Waals surface area contributed by atoms with Gasteiger partial charge in [-0.1, -0.05) is 24.3 Å². The second-order valence-electron chi connectivity index (χ2n) is 5.16. The summed E-state index contributed by atoms with van der Waals surface area (Å²) in [4.78, 5) is 11.8. The molecule has 1 saturated carbocycles. The highest BCUT2D eigenvalue weighted by Crippen LogP contribution is 2.34. The summed E-state index contributed by atoms with van der Waals surface area (Å²) in [5.41, 5.74) is 2.22. The molecule has 2 aliphatic carbocycles. The van der Waals surface area contributed by atoms with E-state index in [1.54, 1.807) is 0 Å². The van der Waals surface area contributed by atoms with Crippen LogP contribution in [0.5, 0.6) is 0 Å². The molecule has 0 radical (unpaired) electrons. The van der Waals surface area contributed by atoms with Crippen molar-refractivity contribution in [2.45, 2.75) is 37.8 Å². The van der Waals surface area contributed by atoms with Crippen molar-refractivity contribution >= 4 is 5.91 Å². The zero-order valence-electron chi connectivity index (χ0n) is 9.73. The van der Waals surface area contributed by atoms with E-state index in [1.165, 1.54) is 12.8 Å². The van der Waals surface area contributed by atoms with E-state index < -0.39 is 6.10 Å². The van der Waals surface area contributed by atoms with Gasteiger partial charge in [-0.2, -0.15) is 0 Å². The lowest BCUT2D eigenvalue weighted by Gasteiger charge is -2.17. The standard InChI is InChI=1S/C14H17NO2/c16-12-8-10-3-1-2-4-11(10)14(12)15-13(17)7-9-5-6-9/h1-4,9,12,14,16H,5-8H2,(H,15,17)/t12-,14+/m0/s1. The molecule has 3 nitrogen and oxygen atoms in total. The monoisotopic (exact) mass is 231 g/mol. The van der Waals surface area contributed by atoms with Crippen molar-refractivity contribution < 1.29 is 9.90 Å². The van der Waals surface area contributed by atoms with Gasteiger partial charge in [-0.05, 0) is 29.9 Å². The number of aliphatic hydroxyl groups is 1. The van der Waals surface area contributed by atoms with Crippen molar-refractivity contribution in [1.29, 1.82) is 0 Å². The Balaban J connectivity index is 1.71. The lowest BCUT2D eigenvalue weighted by molar-refractivity contribution is -0.122. The van der Waals surface area contributed by atoms with Gasteiger partial charge >= 0.3 is 0 Å². The van der Waals surface area contributed by atoms with E-state index in [1.807, 2.05) is 24.3 Å². The molecule has 2 N–H and O–H groups in total. The zero-order chi connectivity index (χ0) is 11.8. The van der Waals surface area contributed by atoms with Crippen LogP contribution >= 0.6 is 0 Å². The molecule has 0 unspecified atom stereocenters. The van der Waals surface area contributed by atoms with Crippen LogP contribution in [-0.4, -0.2) is 17.1 Å². The molecule has 1 aromatic carbocycles. The van der Waals surface area contributed by atoms with Crippen molar-refractivity contribution in [1.82, 2.24) is 5.32 Å². The van der Waals surface area contributed by atoms with Crippen LogP contribution in [0.4, 0.5) is 0 Å². The molecule has 0 aliphatic heterocycles. The van der Waals surface area contributed by atoms with Crippen LogP contribution in [0.25, 0.3) is 0 Å². The summed E-state index contributed by atoms with van der Waals surface area (Å²) >= 11 is 0. The first-order valence-electron chi connectivity index (χ1n) is 6.29. The van der Waals surface area contributed by atoms with E-state index in [9.17, 15) is 9.90 Å². The number of hydrogen-bond acceptors (Lipinski definition) is 2. The molecule has 1 fully saturated rings. The molecular weight excluding hydrogens is 214 g/mol. The first-order chi connectivity index (χ1) is 8.24. The molecule has 0 heterocycles. The van der Waals surface area contributed by atoms with Gasteiger partial charge < -0.3 is 10.4 Å². The summed E-state index contributed by atoms with van der Waals surface area (Å²) in [5, 5.41) is 13.0. The third-order valence-corrected chi connectivity index (χ3v) is 3.69. The number of rotatable bonds is 3. The number of amides is 1. The average Bonchev–Trinajstić information content (AvgIpc) is 3.05. The van der Waals surface area contributed by atoms with Crippen LogP contribution in [0.2, 0.25) is 0 Å². The van der Waals surface area contributed by atoms with Gasteiger partial charge in [-0.15, -0.1) is 0 Å². The van der Waals surface area contributed by atoms with Gasteiger partial charge in [0.05, 0.1) is 12.1 Å². The molecule has 2 atom stereocenters. The second kappa shape index (κ2) is 4.15. The highest BCUT2D eigenvalue weighted by atomic mass is 16.3. The summed E-state index contributed by atoms with van der Waals surface area (Å²) in [7, 11) is 0. The molecule has 2 aliphatic rings. The minimum absolute atomic E-state index is 0.0771. The molecule has 0 aromatic heterocycles. The Kier molecular flexibility index (Phi) is 2.63. The molecule has 17 heavy (non-hydrogen) atoms. The lowest BCUT2D eigenvalue weighted by atomic mass is 10.1. The maximum Gasteiger partial charge on any atom is 0.220 e. The van der Waals surface area contributed by atoms with E-state index >= 15 is 0 Å². The summed E-state index contributed by atoms with van der Waals surface area (Å²) in [6.45, 7) is 0. The fraction of sp³-hybridized carbons (Fsp3) is 0.500. The van der Waals surface area contributed by atoms with Crippen LogP contribution < -0.4 is 5.32 Å². The van der Waals surface area contributed by atoms with Crippen LogP contribution in [0.1, 0.15) is 36.4 Å². The van der Waals surface area contributed by atoms with Crippen LogP contribution in [0.15, 0.2) is 24.3 Å². The van der Waals surface area contributed by atoms with Crippen LogP contribution in [-0.2, 0) is 11.2 Å². The largest absolute Gasteiger partial charge is 0.390 e. The van der Waals surface area contributed by atoms with Crippen molar-refractivity contribution in [2.75, 3.05) is 0 Å². The Bertz CT molecular complexity index is 440. The maximum absolute atomic E-state index is 11.8. The summed E-state index contributed by atoms with van der Waals surface area (Å²) < 4.78 is 0. The maximum atomic E-state index is 11.8. The van der Waals surface area contributed by atoms with Gasteiger partial charge in [-0.25, -0.2) is 0 Å². The number of aliphatic hydroxyl groups excluding tert-OH is 1. The second-order valence-corrected chi connectivity index (χ2v) is 5.16. The quantitative estimate of drug-likeness (QED) is 0.829. The molecule has 90 valence electrons. The smallest absolute Gasteiger partial charge is 0.220 e. The Hall–Kier alpha value is -1.35. The number of benzene rings is 1. The Labute approximate surface area is 101 Å². The predicted molar refractivity (Wildman–Crippen MR) is 64.4 cm³/mol. The first kappa shape index (κ1) is 10.8. The first-order valence-corrected chi connectivity index (χ1v) is 6.29. The van der Waals surface area contributed by atoms with E-state index in [2.05, 4.69) is 5.32 Å². The molecule has 3 heteroatoms. The summed E-state index contributed by atoms with van der Waals surface area (Å²) in [6, 6.07) is 7.73. The molecule has 3 rings (SSSR count). The fourth-order valence-electron chi connectivity index (χ4n) is 2.56. The van der Waals surface area contributed by atoms with E-state index in [-0.39, 0.29) is 11.9 Å². The van der Waals surface area contributed by atoms with Gasteiger partial charge in [0.25, 0.3) is 0 Å². The average molecular weight is 231 g/mol. The Morgan fingerprint density at radius 3 is 2.88 bits per heavy atom. The van der Waals surface area contributed by atoms with Gasteiger partial charge in [0.2, 0.25) is 5.91 Å². The number of nitrogens with one attached hydrogen (secondary N) is 1. The van der Waals surface area contributed by atoms with E-state index in [4.69, 9.17) is 0 Å². The third-order valence-electron chi connectivity index (χ3n) is 3.69. The van der Waals surface area contributed by atoms with Gasteiger partial charge in [0.1, 0.15) is 0 Å². The number of fused-ring (bicyclic) bond motifs is 1. The van der Waals surface area contributed by atoms with Crippen LogP contribution in [0.3, 0.4) is 0 Å². The fourth-order valence-corrected chi connectivity index (χ4v) is 2.56. The Morgan fingerprint density at radius 1 is 1.35 bits per heavy atom. The van der Waals surface area contributed by atoms with Crippen molar-refractivity contribution in [3.63, 3.8) is 0 Å². The Morgan fingerprint density at radius 2 is 2.12 bits per heavy atom. The SMILES string of the molecule is O=C(CC1CC1)N[C@@H]1c2ccccc2C[C@@H]1O. The zero-order valence-corrected chi connectivity index (χ0v) is 9.73. The van der Waals surface area contributed by atoms with Gasteiger partial charge in [0.15, 0.2) is 0 Å². The highest BCUT2D eigenvalue weighted by Gasteiger charge is 2.33. The molecule has 0 bridgehead atoms. The minimum Gasteiger partial charge on any atom is -0.390 e.